The average Bonchev–Trinajstić information content (AvgIpc) is 2.60. The molecule has 2 rings (SSSR count). The van der Waals surface area contributed by atoms with Crippen LogP contribution >= 0.6 is 0 Å². The third-order valence-electron chi connectivity index (χ3n) is 4.48. The highest BCUT2D eigenvalue weighted by atomic mass is 16.5. The number of ether oxygens (including phenoxy) is 1. The van der Waals surface area contributed by atoms with Crippen molar-refractivity contribution in [3.63, 3.8) is 0 Å². The molecule has 140 valence electrons. The number of anilines is 1. The standard InChI is InChI=1S/C23H31NO2/c1-16(2)20-8-6-9-21(17(3)4)23(20)24-22(25)10-7-15-26-19-13-11-18(5)12-14-19/h6,8-9,11-14,16-17H,7,10,15H2,1-5H3,(H,24,25). The molecule has 2 aromatic rings. The number of benzene rings is 2. The number of carbonyl (C=O) groups is 1. The maximum absolute atomic E-state index is 12.5. The van der Waals surface area contributed by atoms with Crippen LogP contribution in [0.3, 0.4) is 0 Å². The van der Waals surface area contributed by atoms with Crippen LogP contribution in [-0.2, 0) is 4.79 Å². The Morgan fingerprint density at radius 2 is 1.54 bits per heavy atom. The molecule has 1 amide bonds. The van der Waals surface area contributed by atoms with E-state index in [1.54, 1.807) is 0 Å². The molecule has 0 saturated carbocycles. The second-order valence-electron chi connectivity index (χ2n) is 7.43. The largest absolute Gasteiger partial charge is 0.494 e. The summed E-state index contributed by atoms with van der Waals surface area (Å²) in [5, 5.41) is 3.15. The minimum atomic E-state index is 0.0486. The monoisotopic (exact) mass is 353 g/mol. The Labute approximate surface area is 157 Å². The molecule has 0 saturated heterocycles. The lowest BCUT2D eigenvalue weighted by atomic mass is 9.92. The Balaban J connectivity index is 1.92. The third kappa shape index (κ3) is 5.62. The van der Waals surface area contributed by atoms with Crippen LogP contribution in [0.2, 0.25) is 0 Å². The number of aryl methyl sites for hydroxylation is 1. The van der Waals surface area contributed by atoms with Crippen molar-refractivity contribution < 1.29 is 9.53 Å². The van der Waals surface area contributed by atoms with E-state index in [2.05, 4.69) is 58.1 Å². The van der Waals surface area contributed by atoms with Crippen molar-refractivity contribution in [2.24, 2.45) is 0 Å². The Kier molecular flexibility index (Phi) is 7.26. The molecular weight excluding hydrogens is 322 g/mol. The summed E-state index contributed by atoms with van der Waals surface area (Å²) in [5.74, 6) is 1.64. The minimum Gasteiger partial charge on any atom is -0.494 e. The lowest BCUT2D eigenvalue weighted by Gasteiger charge is -2.20. The second kappa shape index (κ2) is 9.42. The summed E-state index contributed by atoms with van der Waals surface area (Å²) in [6.45, 7) is 11.2. The topological polar surface area (TPSA) is 38.3 Å². The van der Waals surface area contributed by atoms with Crippen molar-refractivity contribution in [1.82, 2.24) is 0 Å². The molecular formula is C23H31NO2. The van der Waals surface area contributed by atoms with Crippen LogP contribution < -0.4 is 10.1 Å². The smallest absolute Gasteiger partial charge is 0.224 e. The van der Waals surface area contributed by atoms with Crippen LogP contribution in [0.5, 0.6) is 5.75 Å². The first kappa shape index (κ1) is 20.0. The molecule has 0 unspecified atom stereocenters. The molecule has 0 bridgehead atoms. The maximum Gasteiger partial charge on any atom is 0.224 e. The molecule has 0 atom stereocenters. The number of carbonyl (C=O) groups excluding carboxylic acids is 1. The fourth-order valence-electron chi connectivity index (χ4n) is 2.95. The van der Waals surface area contributed by atoms with Crippen LogP contribution in [0.1, 0.15) is 69.1 Å². The molecule has 0 fully saturated rings. The van der Waals surface area contributed by atoms with Crippen molar-refractivity contribution in [1.29, 1.82) is 0 Å². The quantitative estimate of drug-likeness (QED) is 0.588. The van der Waals surface area contributed by atoms with E-state index in [4.69, 9.17) is 4.74 Å². The summed E-state index contributed by atoms with van der Waals surface area (Å²) in [6.07, 6.45) is 1.15. The van der Waals surface area contributed by atoms with Crippen molar-refractivity contribution in [3.8, 4) is 5.75 Å². The zero-order chi connectivity index (χ0) is 19.1. The van der Waals surface area contributed by atoms with Gasteiger partial charge >= 0.3 is 0 Å². The fourth-order valence-corrected chi connectivity index (χ4v) is 2.95. The van der Waals surface area contributed by atoms with Gasteiger partial charge in [-0.1, -0.05) is 63.6 Å². The molecule has 3 nitrogen and oxygen atoms in total. The SMILES string of the molecule is Cc1ccc(OCCCC(=O)Nc2c(C(C)C)cccc2C(C)C)cc1. The first-order chi connectivity index (χ1) is 12.4. The number of hydrogen-bond acceptors (Lipinski definition) is 2. The van der Waals surface area contributed by atoms with Gasteiger partial charge in [0.1, 0.15) is 5.75 Å². The van der Waals surface area contributed by atoms with E-state index in [0.717, 1.165) is 11.4 Å². The predicted molar refractivity (Wildman–Crippen MR) is 109 cm³/mol. The zero-order valence-corrected chi connectivity index (χ0v) is 16.6. The van der Waals surface area contributed by atoms with Crippen LogP contribution in [-0.4, -0.2) is 12.5 Å². The molecule has 0 aromatic heterocycles. The molecule has 0 aliphatic heterocycles. The van der Waals surface area contributed by atoms with E-state index in [0.29, 0.717) is 31.3 Å². The van der Waals surface area contributed by atoms with Gasteiger partial charge < -0.3 is 10.1 Å². The number of hydrogen-bond donors (Lipinski definition) is 1. The van der Waals surface area contributed by atoms with E-state index >= 15 is 0 Å². The summed E-state index contributed by atoms with van der Waals surface area (Å²) in [7, 11) is 0. The molecule has 0 radical (unpaired) electrons. The van der Waals surface area contributed by atoms with E-state index in [-0.39, 0.29) is 5.91 Å². The van der Waals surface area contributed by atoms with Gasteiger partial charge in [0, 0.05) is 12.1 Å². The van der Waals surface area contributed by atoms with Crippen molar-refractivity contribution >= 4 is 11.6 Å². The normalized spacial score (nSPS) is 11.0. The molecule has 2 aromatic carbocycles. The van der Waals surface area contributed by atoms with Gasteiger partial charge in [-0.05, 0) is 48.4 Å². The van der Waals surface area contributed by atoms with Gasteiger partial charge in [0.2, 0.25) is 5.91 Å². The van der Waals surface area contributed by atoms with Gasteiger partial charge in [-0.3, -0.25) is 4.79 Å². The third-order valence-corrected chi connectivity index (χ3v) is 4.48. The first-order valence-electron chi connectivity index (χ1n) is 9.50. The summed E-state index contributed by atoms with van der Waals surface area (Å²) >= 11 is 0. The zero-order valence-electron chi connectivity index (χ0n) is 16.6. The molecule has 1 N–H and O–H groups in total. The second-order valence-corrected chi connectivity index (χ2v) is 7.43. The number of nitrogens with one attached hydrogen (secondary N) is 1. The highest BCUT2D eigenvalue weighted by molar-refractivity contribution is 5.92. The van der Waals surface area contributed by atoms with Crippen molar-refractivity contribution in [2.45, 2.75) is 59.3 Å². The van der Waals surface area contributed by atoms with Crippen LogP contribution in [0.25, 0.3) is 0 Å². The Bertz CT molecular complexity index is 691. The van der Waals surface area contributed by atoms with E-state index in [9.17, 15) is 4.79 Å². The predicted octanol–water partition coefficient (Wildman–Crippen LogP) is 6.04. The average molecular weight is 354 g/mol. The van der Waals surface area contributed by atoms with E-state index in [1.165, 1.54) is 16.7 Å². The van der Waals surface area contributed by atoms with Crippen molar-refractivity contribution in [3.05, 3.63) is 59.2 Å². The minimum absolute atomic E-state index is 0.0486. The van der Waals surface area contributed by atoms with E-state index in [1.807, 2.05) is 24.3 Å². The Morgan fingerprint density at radius 1 is 0.962 bits per heavy atom. The first-order valence-corrected chi connectivity index (χ1v) is 9.50. The summed E-state index contributed by atoms with van der Waals surface area (Å²) < 4.78 is 5.71. The molecule has 0 aliphatic carbocycles. The Morgan fingerprint density at radius 3 is 2.08 bits per heavy atom. The molecule has 3 heteroatoms. The summed E-state index contributed by atoms with van der Waals surface area (Å²) in [4.78, 5) is 12.5. The number of para-hydroxylation sites is 1. The molecule has 0 aliphatic rings. The summed E-state index contributed by atoms with van der Waals surface area (Å²) in [5.41, 5.74) is 4.59. The van der Waals surface area contributed by atoms with Gasteiger partial charge in [-0.15, -0.1) is 0 Å². The van der Waals surface area contributed by atoms with Crippen LogP contribution in [0, 0.1) is 6.92 Å². The maximum atomic E-state index is 12.5. The van der Waals surface area contributed by atoms with Gasteiger partial charge in [0.25, 0.3) is 0 Å². The van der Waals surface area contributed by atoms with E-state index < -0.39 is 0 Å². The van der Waals surface area contributed by atoms with Crippen molar-refractivity contribution in [2.75, 3.05) is 11.9 Å². The Hall–Kier alpha value is -2.29. The lowest BCUT2D eigenvalue weighted by molar-refractivity contribution is -0.116. The lowest BCUT2D eigenvalue weighted by Crippen LogP contribution is -2.16. The summed E-state index contributed by atoms with van der Waals surface area (Å²) in [6, 6.07) is 14.3. The molecule has 26 heavy (non-hydrogen) atoms. The fraction of sp³-hybridized carbons (Fsp3) is 0.435. The van der Waals surface area contributed by atoms with Gasteiger partial charge in [-0.2, -0.15) is 0 Å². The molecule has 0 heterocycles. The highest BCUT2D eigenvalue weighted by Crippen LogP contribution is 2.32. The van der Waals surface area contributed by atoms with Crippen LogP contribution in [0.4, 0.5) is 5.69 Å². The van der Waals surface area contributed by atoms with Gasteiger partial charge in [0.05, 0.1) is 6.61 Å². The molecule has 0 spiro atoms. The van der Waals surface area contributed by atoms with Gasteiger partial charge in [-0.25, -0.2) is 0 Å². The number of amides is 1. The number of rotatable bonds is 8. The van der Waals surface area contributed by atoms with Gasteiger partial charge in [0.15, 0.2) is 0 Å². The highest BCUT2D eigenvalue weighted by Gasteiger charge is 2.15. The van der Waals surface area contributed by atoms with Crippen LogP contribution in [0.15, 0.2) is 42.5 Å².